The quantitative estimate of drug-likeness (QED) is 0.668. The maximum absolute atomic E-state index is 12.5. The van der Waals surface area contributed by atoms with Crippen LogP contribution in [0.1, 0.15) is 10.6 Å². The Kier molecular flexibility index (Phi) is 5.05. The monoisotopic (exact) mass is 360 g/mol. The minimum Gasteiger partial charge on any atom is -0.435 e. The van der Waals surface area contributed by atoms with Crippen molar-refractivity contribution < 1.29 is 13.5 Å². The second kappa shape index (κ2) is 7.40. The predicted molar refractivity (Wildman–Crippen MR) is 92.2 cm³/mol. The molecule has 0 N–H and O–H groups in total. The van der Waals surface area contributed by atoms with E-state index in [-0.39, 0.29) is 5.75 Å². The summed E-state index contributed by atoms with van der Waals surface area (Å²) in [6, 6.07) is 6.65. The molecule has 0 amide bonds. The van der Waals surface area contributed by atoms with E-state index in [4.69, 9.17) is 0 Å². The van der Waals surface area contributed by atoms with Gasteiger partial charge in [0.15, 0.2) is 0 Å². The van der Waals surface area contributed by atoms with E-state index in [0.29, 0.717) is 28.7 Å². The molecule has 0 aliphatic carbocycles. The van der Waals surface area contributed by atoms with Crippen LogP contribution in [0.2, 0.25) is 0 Å². The molecule has 0 spiro atoms. The van der Waals surface area contributed by atoms with E-state index < -0.39 is 6.61 Å². The van der Waals surface area contributed by atoms with Crippen molar-refractivity contribution in [1.29, 1.82) is 5.26 Å². The van der Waals surface area contributed by atoms with Crippen molar-refractivity contribution in [2.24, 2.45) is 0 Å². The van der Waals surface area contributed by atoms with Gasteiger partial charge in [0.2, 0.25) is 0 Å². The molecule has 5 nitrogen and oxygen atoms in total. The van der Waals surface area contributed by atoms with Gasteiger partial charge in [0.1, 0.15) is 11.8 Å². The van der Waals surface area contributed by atoms with E-state index in [9.17, 15) is 14.0 Å². The number of nitriles is 1. The number of aromatic nitrogens is 2. The number of ether oxygens (including phenoxy) is 1. The average Bonchev–Trinajstić information content (AvgIpc) is 3.11. The summed E-state index contributed by atoms with van der Waals surface area (Å²) in [5.74, 6) is 0.0361. The molecule has 0 aliphatic rings. The highest BCUT2D eigenvalue weighted by atomic mass is 32.1. The largest absolute Gasteiger partial charge is 0.435 e. The van der Waals surface area contributed by atoms with Gasteiger partial charge in [0.25, 0.3) is 0 Å². The number of thiazole rings is 1. The fourth-order valence-electron chi connectivity index (χ4n) is 2.58. The predicted octanol–water partition coefficient (Wildman–Crippen LogP) is 3.84. The molecular weight excluding hydrogens is 346 g/mol. The lowest BCUT2D eigenvalue weighted by atomic mass is 10.1. The van der Waals surface area contributed by atoms with Crippen LogP contribution in [0.25, 0.3) is 10.9 Å². The van der Waals surface area contributed by atoms with Crippen LogP contribution in [-0.2, 0) is 6.42 Å². The van der Waals surface area contributed by atoms with Gasteiger partial charge in [-0.15, -0.1) is 11.3 Å². The Morgan fingerprint density at radius 2 is 2.20 bits per heavy atom. The molecule has 0 unspecified atom stereocenters. The Morgan fingerprint density at radius 1 is 1.36 bits per heavy atom. The number of alkyl halides is 2. The van der Waals surface area contributed by atoms with Gasteiger partial charge in [0, 0.05) is 43.2 Å². The summed E-state index contributed by atoms with van der Waals surface area (Å²) in [4.78, 5) is 10.4. The highest BCUT2D eigenvalue weighted by Crippen LogP contribution is 2.32. The minimum atomic E-state index is -2.91. The fraction of sp³-hybridized carbons (Fsp3) is 0.235. The van der Waals surface area contributed by atoms with Crippen LogP contribution >= 0.6 is 11.3 Å². The van der Waals surface area contributed by atoms with Crippen LogP contribution in [0.3, 0.4) is 0 Å². The fourth-order valence-corrected chi connectivity index (χ4v) is 3.19. The molecule has 2 heterocycles. The van der Waals surface area contributed by atoms with Gasteiger partial charge in [-0.2, -0.15) is 14.0 Å². The van der Waals surface area contributed by atoms with Gasteiger partial charge in [-0.3, -0.25) is 4.98 Å². The van der Waals surface area contributed by atoms with Crippen LogP contribution in [0.4, 0.5) is 14.5 Å². The van der Waals surface area contributed by atoms with Crippen molar-refractivity contribution in [3.05, 3.63) is 46.5 Å². The third-order valence-corrected chi connectivity index (χ3v) is 4.52. The number of hydrogen-bond acceptors (Lipinski definition) is 6. The smallest absolute Gasteiger partial charge is 0.387 e. The molecule has 3 rings (SSSR count). The van der Waals surface area contributed by atoms with E-state index in [2.05, 4.69) is 20.8 Å². The average molecular weight is 360 g/mol. The minimum absolute atomic E-state index is 0.0361. The molecule has 8 heteroatoms. The molecule has 0 radical (unpaired) electrons. The lowest BCUT2D eigenvalue weighted by Gasteiger charge is -2.22. The maximum atomic E-state index is 12.5. The van der Waals surface area contributed by atoms with Gasteiger partial charge >= 0.3 is 6.61 Å². The van der Waals surface area contributed by atoms with Gasteiger partial charge in [0.05, 0.1) is 21.8 Å². The van der Waals surface area contributed by atoms with Gasteiger partial charge in [-0.1, -0.05) is 0 Å². The van der Waals surface area contributed by atoms with E-state index in [1.807, 2.05) is 17.3 Å². The molecule has 0 saturated carbocycles. The summed E-state index contributed by atoms with van der Waals surface area (Å²) < 4.78 is 29.5. The summed E-state index contributed by atoms with van der Waals surface area (Å²) >= 11 is 1.56. The van der Waals surface area contributed by atoms with Crippen LogP contribution in [-0.4, -0.2) is 30.2 Å². The number of nitrogens with zero attached hydrogens (tertiary/aromatic N) is 4. The first kappa shape index (κ1) is 17.0. The number of pyridine rings is 1. The number of fused-ring (bicyclic) bond motifs is 1. The molecule has 128 valence electrons. The number of hydrogen-bond donors (Lipinski definition) is 0. The maximum Gasteiger partial charge on any atom is 0.387 e. The van der Waals surface area contributed by atoms with Crippen LogP contribution < -0.4 is 9.64 Å². The Bertz CT molecular complexity index is 909. The molecule has 0 bridgehead atoms. The summed E-state index contributed by atoms with van der Waals surface area (Å²) in [5.41, 5.74) is 1.63. The summed E-state index contributed by atoms with van der Waals surface area (Å²) in [6.45, 7) is -2.28. The standard InChI is InChI=1S/C17H14F2N4OS/c1-23(6-4-15-21-5-7-25-15)16-11(9-20)10-22-14-3-2-12(8-13(14)16)24-17(18)19/h2-3,5,7-8,10,17H,4,6H2,1H3. The van der Waals surface area contributed by atoms with Crippen molar-refractivity contribution in [3.8, 4) is 11.8 Å². The molecular formula is C17H14F2N4OS. The highest BCUT2D eigenvalue weighted by molar-refractivity contribution is 7.09. The molecule has 0 aliphatic heterocycles. The Morgan fingerprint density at radius 3 is 2.88 bits per heavy atom. The van der Waals surface area contributed by atoms with E-state index in [1.54, 1.807) is 23.6 Å². The van der Waals surface area contributed by atoms with Crippen molar-refractivity contribution >= 4 is 27.9 Å². The first-order valence-electron chi connectivity index (χ1n) is 7.45. The van der Waals surface area contributed by atoms with Gasteiger partial charge in [-0.25, -0.2) is 4.98 Å². The van der Waals surface area contributed by atoms with Gasteiger partial charge < -0.3 is 9.64 Å². The Labute approximate surface area is 147 Å². The van der Waals surface area contributed by atoms with Crippen LogP contribution in [0.5, 0.6) is 5.75 Å². The van der Waals surface area contributed by atoms with Crippen molar-refractivity contribution in [2.45, 2.75) is 13.0 Å². The Hall–Kier alpha value is -2.79. The van der Waals surface area contributed by atoms with Crippen molar-refractivity contribution in [3.63, 3.8) is 0 Å². The summed E-state index contributed by atoms with van der Waals surface area (Å²) in [7, 11) is 1.85. The molecule has 2 aromatic heterocycles. The molecule has 25 heavy (non-hydrogen) atoms. The van der Waals surface area contributed by atoms with Crippen molar-refractivity contribution in [1.82, 2.24) is 9.97 Å². The molecule has 0 atom stereocenters. The zero-order chi connectivity index (χ0) is 17.8. The first-order valence-corrected chi connectivity index (χ1v) is 8.33. The molecule has 0 saturated heterocycles. The third-order valence-electron chi connectivity index (χ3n) is 3.68. The second-order valence-corrected chi connectivity index (χ2v) is 6.27. The number of rotatable bonds is 6. The van der Waals surface area contributed by atoms with E-state index in [0.717, 1.165) is 11.4 Å². The van der Waals surface area contributed by atoms with Crippen LogP contribution in [0, 0.1) is 11.3 Å². The molecule has 3 aromatic rings. The second-order valence-electron chi connectivity index (χ2n) is 5.29. The summed E-state index contributed by atoms with van der Waals surface area (Å²) in [6.07, 6.45) is 3.96. The van der Waals surface area contributed by atoms with E-state index in [1.165, 1.54) is 18.3 Å². The highest BCUT2D eigenvalue weighted by Gasteiger charge is 2.15. The number of anilines is 1. The number of halogens is 2. The first-order chi connectivity index (χ1) is 12.1. The molecule has 0 fully saturated rings. The molecule has 1 aromatic carbocycles. The Balaban J connectivity index is 1.99. The lowest BCUT2D eigenvalue weighted by Crippen LogP contribution is -2.21. The SMILES string of the molecule is CN(CCc1nccs1)c1c(C#N)cnc2ccc(OC(F)F)cc12. The lowest BCUT2D eigenvalue weighted by molar-refractivity contribution is -0.0497. The van der Waals surface area contributed by atoms with Crippen LogP contribution in [0.15, 0.2) is 36.0 Å². The zero-order valence-electron chi connectivity index (χ0n) is 13.3. The van der Waals surface area contributed by atoms with Crippen molar-refractivity contribution in [2.75, 3.05) is 18.5 Å². The van der Waals surface area contributed by atoms with E-state index >= 15 is 0 Å². The number of likely N-dealkylation sites (N-methyl/N-ethyl adjacent to an activating group) is 1. The number of benzene rings is 1. The normalized spacial score (nSPS) is 10.8. The van der Waals surface area contributed by atoms with Gasteiger partial charge in [-0.05, 0) is 18.2 Å². The summed E-state index contributed by atoms with van der Waals surface area (Å²) in [5, 5.41) is 12.9. The third kappa shape index (κ3) is 3.83. The topological polar surface area (TPSA) is 62.0 Å². The zero-order valence-corrected chi connectivity index (χ0v) is 14.1.